The smallest absolute Gasteiger partial charge is 0.0806 e. The van der Waals surface area contributed by atoms with E-state index in [9.17, 15) is 4.21 Å². The number of rotatable bonds is 3. The Labute approximate surface area is 126 Å². The highest BCUT2D eigenvalue weighted by Gasteiger charge is 2.15. The minimum Gasteiger partial charge on any atom is -0.398 e. The minimum atomic E-state index is -1.21. The molecule has 1 atom stereocenters. The Bertz CT molecular complexity index is 664. The van der Waals surface area contributed by atoms with E-state index in [4.69, 9.17) is 17.3 Å². The lowest BCUT2D eigenvalue weighted by Crippen LogP contribution is -2.02. The van der Waals surface area contributed by atoms with E-state index in [0.29, 0.717) is 21.4 Å². The van der Waals surface area contributed by atoms with Crippen molar-refractivity contribution >= 4 is 28.1 Å². The molecule has 2 aromatic rings. The Morgan fingerprint density at radius 3 is 2.75 bits per heavy atom. The first-order valence-electron chi connectivity index (χ1n) is 6.68. The lowest BCUT2D eigenvalue weighted by molar-refractivity contribution is 0.683. The summed E-state index contributed by atoms with van der Waals surface area (Å²) in [4.78, 5) is 0.551. The summed E-state index contributed by atoms with van der Waals surface area (Å²) in [6, 6.07) is 11.6. The van der Waals surface area contributed by atoms with Crippen molar-refractivity contribution in [3.8, 4) is 0 Å². The second kappa shape index (κ2) is 5.58. The first-order chi connectivity index (χ1) is 9.65. The third-order valence-electron chi connectivity index (χ3n) is 3.69. The summed E-state index contributed by atoms with van der Waals surface area (Å²) in [6.07, 6.45) is 3.51. The number of nitrogens with two attached hydrogens (primary N) is 1. The number of anilines is 1. The summed E-state index contributed by atoms with van der Waals surface area (Å²) < 4.78 is 12.5. The fourth-order valence-corrected chi connectivity index (χ4v) is 4.39. The van der Waals surface area contributed by atoms with Crippen LogP contribution < -0.4 is 5.73 Å². The normalized spacial score (nSPS) is 15.1. The van der Waals surface area contributed by atoms with Gasteiger partial charge in [0, 0.05) is 5.69 Å². The minimum absolute atomic E-state index is 0.460. The van der Waals surface area contributed by atoms with E-state index >= 15 is 0 Å². The van der Waals surface area contributed by atoms with Gasteiger partial charge in [-0.05, 0) is 48.1 Å². The highest BCUT2D eigenvalue weighted by atomic mass is 35.5. The fourth-order valence-electron chi connectivity index (χ4n) is 2.70. The predicted molar refractivity (Wildman–Crippen MR) is 84.4 cm³/mol. The molecule has 104 valence electrons. The molecule has 2 aromatic carbocycles. The van der Waals surface area contributed by atoms with Crippen LogP contribution in [0.25, 0.3) is 0 Å². The second-order valence-corrected chi connectivity index (χ2v) is 6.90. The maximum atomic E-state index is 12.5. The molecule has 0 aliphatic heterocycles. The Hall–Kier alpha value is -1.32. The zero-order valence-corrected chi connectivity index (χ0v) is 12.6. The van der Waals surface area contributed by atoms with Crippen LogP contribution in [-0.2, 0) is 29.4 Å². The van der Waals surface area contributed by atoms with E-state index in [1.54, 1.807) is 18.2 Å². The van der Waals surface area contributed by atoms with Gasteiger partial charge in [-0.15, -0.1) is 0 Å². The van der Waals surface area contributed by atoms with Crippen LogP contribution in [0.3, 0.4) is 0 Å². The molecule has 0 spiro atoms. The molecular weight excluding hydrogens is 290 g/mol. The standard InChI is InChI=1S/C16H16ClNOS/c17-14-5-2-6-15(18)16(14)20(19)10-11-7-8-12-3-1-4-13(12)9-11/h2,5-9H,1,3-4,10,18H2. The fraction of sp³-hybridized carbons (Fsp3) is 0.250. The summed E-state index contributed by atoms with van der Waals surface area (Å²) in [7, 11) is -1.21. The molecule has 0 saturated heterocycles. The summed E-state index contributed by atoms with van der Waals surface area (Å²) in [5.41, 5.74) is 10.3. The van der Waals surface area contributed by atoms with Crippen molar-refractivity contribution in [3.63, 3.8) is 0 Å². The third kappa shape index (κ3) is 2.60. The van der Waals surface area contributed by atoms with Gasteiger partial charge in [-0.2, -0.15) is 0 Å². The predicted octanol–water partition coefficient (Wildman–Crippen LogP) is 3.72. The van der Waals surface area contributed by atoms with Gasteiger partial charge in [-0.25, -0.2) is 0 Å². The first kappa shape index (κ1) is 13.7. The molecule has 1 aliphatic carbocycles. The molecule has 1 unspecified atom stereocenters. The molecule has 1 aliphatic rings. The molecule has 20 heavy (non-hydrogen) atoms. The summed E-state index contributed by atoms with van der Waals surface area (Å²) in [5.74, 6) is 0.460. The number of hydrogen-bond donors (Lipinski definition) is 1. The van der Waals surface area contributed by atoms with Crippen molar-refractivity contribution in [3.05, 3.63) is 58.1 Å². The summed E-state index contributed by atoms with van der Waals surface area (Å²) in [6.45, 7) is 0. The van der Waals surface area contributed by atoms with Gasteiger partial charge < -0.3 is 5.73 Å². The number of nitrogen functional groups attached to an aromatic ring is 1. The molecule has 0 saturated carbocycles. The zero-order valence-electron chi connectivity index (χ0n) is 11.1. The lowest BCUT2D eigenvalue weighted by atomic mass is 10.1. The topological polar surface area (TPSA) is 43.1 Å². The van der Waals surface area contributed by atoms with Crippen molar-refractivity contribution in [2.24, 2.45) is 0 Å². The van der Waals surface area contributed by atoms with Crippen molar-refractivity contribution in [2.45, 2.75) is 29.9 Å². The lowest BCUT2D eigenvalue weighted by Gasteiger charge is -2.09. The number of aryl methyl sites for hydroxylation is 2. The van der Waals surface area contributed by atoms with Gasteiger partial charge in [0.2, 0.25) is 0 Å². The van der Waals surface area contributed by atoms with Crippen LogP contribution in [0.1, 0.15) is 23.1 Å². The van der Waals surface area contributed by atoms with Crippen LogP contribution in [0.2, 0.25) is 5.02 Å². The van der Waals surface area contributed by atoms with E-state index in [1.165, 1.54) is 17.5 Å². The molecule has 0 fully saturated rings. The maximum Gasteiger partial charge on any atom is 0.0806 e. The van der Waals surface area contributed by atoms with Crippen LogP contribution in [-0.4, -0.2) is 4.21 Å². The van der Waals surface area contributed by atoms with E-state index in [0.717, 1.165) is 18.4 Å². The molecule has 0 heterocycles. The monoisotopic (exact) mass is 305 g/mol. The summed E-state index contributed by atoms with van der Waals surface area (Å²) in [5, 5.41) is 0.476. The van der Waals surface area contributed by atoms with Gasteiger partial charge in [-0.3, -0.25) is 4.21 Å². The molecule has 3 rings (SSSR count). The molecule has 0 aromatic heterocycles. The molecule has 0 radical (unpaired) electrons. The molecule has 2 N–H and O–H groups in total. The van der Waals surface area contributed by atoms with E-state index in [1.807, 2.05) is 0 Å². The van der Waals surface area contributed by atoms with E-state index < -0.39 is 10.8 Å². The van der Waals surface area contributed by atoms with Gasteiger partial charge >= 0.3 is 0 Å². The van der Waals surface area contributed by atoms with Crippen LogP contribution in [0.4, 0.5) is 5.69 Å². The molecule has 2 nitrogen and oxygen atoms in total. The highest BCUT2D eigenvalue weighted by Crippen LogP contribution is 2.29. The van der Waals surface area contributed by atoms with Crippen LogP contribution in [0.5, 0.6) is 0 Å². The molecule has 4 heteroatoms. The highest BCUT2D eigenvalue weighted by molar-refractivity contribution is 7.84. The molecule has 0 bridgehead atoms. The van der Waals surface area contributed by atoms with Gasteiger partial charge in [-0.1, -0.05) is 35.9 Å². The Morgan fingerprint density at radius 1 is 1.15 bits per heavy atom. The van der Waals surface area contributed by atoms with Gasteiger partial charge in [0.1, 0.15) is 0 Å². The Balaban J connectivity index is 1.86. The van der Waals surface area contributed by atoms with E-state index in [2.05, 4.69) is 18.2 Å². The quantitative estimate of drug-likeness (QED) is 0.878. The van der Waals surface area contributed by atoms with Crippen molar-refractivity contribution in [1.82, 2.24) is 0 Å². The Kier molecular flexibility index (Phi) is 3.81. The SMILES string of the molecule is Nc1cccc(Cl)c1S(=O)Cc1ccc2c(c1)CCC2. The van der Waals surface area contributed by atoms with Gasteiger partial charge in [0.25, 0.3) is 0 Å². The Morgan fingerprint density at radius 2 is 1.95 bits per heavy atom. The first-order valence-corrected chi connectivity index (χ1v) is 8.38. The number of halogens is 1. The van der Waals surface area contributed by atoms with Crippen LogP contribution >= 0.6 is 11.6 Å². The van der Waals surface area contributed by atoms with Gasteiger partial charge in [0.05, 0.1) is 26.5 Å². The van der Waals surface area contributed by atoms with E-state index in [-0.39, 0.29) is 0 Å². The van der Waals surface area contributed by atoms with Crippen LogP contribution in [0, 0.1) is 0 Å². The third-order valence-corrected chi connectivity index (χ3v) is 5.62. The average molecular weight is 306 g/mol. The van der Waals surface area contributed by atoms with Gasteiger partial charge in [0.15, 0.2) is 0 Å². The molecular formula is C16H16ClNOS. The van der Waals surface area contributed by atoms with Crippen molar-refractivity contribution < 1.29 is 4.21 Å². The molecule has 0 amide bonds. The number of benzene rings is 2. The largest absolute Gasteiger partial charge is 0.398 e. The van der Waals surface area contributed by atoms with Crippen molar-refractivity contribution in [1.29, 1.82) is 0 Å². The maximum absolute atomic E-state index is 12.5. The zero-order chi connectivity index (χ0) is 14.1. The van der Waals surface area contributed by atoms with Crippen molar-refractivity contribution in [2.75, 3.05) is 5.73 Å². The number of fused-ring (bicyclic) bond motifs is 1. The average Bonchev–Trinajstić information content (AvgIpc) is 2.85. The second-order valence-electron chi connectivity index (χ2n) is 5.10. The van der Waals surface area contributed by atoms with Crippen LogP contribution in [0.15, 0.2) is 41.3 Å². The summed E-state index contributed by atoms with van der Waals surface area (Å²) >= 11 is 6.11. The number of hydrogen-bond acceptors (Lipinski definition) is 2.